The lowest BCUT2D eigenvalue weighted by atomic mass is 10.4. The zero-order valence-electron chi connectivity index (χ0n) is 6.07. The second-order valence-corrected chi connectivity index (χ2v) is 2.17. The van der Waals surface area contributed by atoms with Crippen molar-refractivity contribution in [2.75, 3.05) is 0 Å². The minimum absolute atomic E-state index is 0.199. The summed E-state index contributed by atoms with van der Waals surface area (Å²) in [6.07, 6.45) is -4.29. The fourth-order valence-electron chi connectivity index (χ4n) is 0.735. The van der Waals surface area contributed by atoms with Crippen molar-refractivity contribution in [2.45, 2.75) is 19.1 Å². The quantitative estimate of drug-likeness (QED) is 0.662. The fraction of sp³-hybridized carbons (Fsp3) is 0.500. The number of imidazole rings is 1. The number of hydrogen-bond acceptors (Lipinski definition) is 1. The Morgan fingerprint density at radius 1 is 1.38 bits per heavy atom. The summed E-state index contributed by atoms with van der Waals surface area (Å²) in [6, 6.07) is 0. The zero-order chi connectivity index (χ0) is 10.1. The van der Waals surface area contributed by atoms with E-state index in [4.69, 9.17) is 0 Å². The molecule has 2 radical (unpaired) electrons. The summed E-state index contributed by atoms with van der Waals surface area (Å²) in [7, 11) is 0. The smallest absolute Gasteiger partial charge is 0.311 e. The van der Waals surface area contributed by atoms with Crippen LogP contribution in [0.4, 0.5) is 22.0 Å². The first-order chi connectivity index (χ1) is 5.91. The minimum Gasteiger partial charge on any atom is -0.311 e. The van der Waals surface area contributed by atoms with Crippen LogP contribution in [0.25, 0.3) is 0 Å². The summed E-state index contributed by atoms with van der Waals surface area (Å²) in [4.78, 5) is 2.90. The van der Waals surface area contributed by atoms with Crippen molar-refractivity contribution < 1.29 is 22.0 Å². The van der Waals surface area contributed by atoms with Crippen LogP contribution < -0.4 is 0 Å². The van der Waals surface area contributed by atoms with E-state index in [-0.39, 0.29) is 4.57 Å². The molecule has 0 atom stereocenters. The van der Waals surface area contributed by atoms with Crippen molar-refractivity contribution in [1.82, 2.24) is 9.55 Å². The first kappa shape index (κ1) is 9.94. The number of rotatable bonds is 2. The highest BCUT2D eigenvalue weighted by molar-refractivity contribution is 5.00. The Morgan fingerprint density at radius 3 is 2.46 bits per heavy atom. The molecule has 2 nitrogen and oxygen atoms in total. The van der Waals surface area contributed by atoms with Gasteiger partial charge in [-0.1, -0.05) is 0 Å². The Morgan fingerprint density at radius 2 is 2.00 bits per heavy atom. The van der Waals surface area contributed by atoms with Gasteiger partial charge in [-0.2, -0.15) is 13.2 Å². The molecule has 0 N–H and O–H groups in total. The molecule has 1 aromatic rings. The first-order valence-electron chi connectivity index (χ1n) is 3.12. The predicted molar refractivity (Wildman–Crippen MR) is 30.9 cm³/mol. The average Bonchev–Trinajstić information content (AvgIpc) is 2.31. The van der Waals surface area contributed by atoms with Gasteiger partial charge in [0.05, 0.1) is 6.54 Å². The summed E-state index contributed by atoms with van der Waals surface area (Å²) in [6.45, 7) is -1.08. The van der Waals surface area contributed by atoms with Gasteiger partial charge in [0.1, 0.15) is 6.20 Å². The van der Waals surface area contributed by atoms with Gasteiger partial charge in [-0.25, -0.2) is 13.8 Å². The number of halogens is 5. The molecule has 0 aliphatic heterocycles. The second-order valence-electron chi connectivity index (χ2n) is 2.17. The Bertz CT molecular complexity index is 277. The second kappa shape index (κ2) is 3.31. The van der Waals surface area contributed by atoms with Gasteiger partial charge in [0.15, 0.2) is 12.0 Å². The molecule has 0 saturated heterocycles. The third-order valence-electron chi connectivity index (χ3n) is 1.19. The van der Waals surface area contributed by atoms with Crippen molar-refractivity contribution in [1.29, 1.82) is 0 Å². The van der Waals surface area contributed by atoms with Gasteiger partial charge < -0.3 is 4.57 Å². The van der Waals surface area contributed by atoms with E-state index in [1.54, 1.807) is 12.5 Å². The Hall–Kier alpha value is -1.14. The molecule has 0 unspecified atom stereocenters. The molecule has 72 valence electrons. The van der Waals surface area contributed by atoms with Crippen LogP contribution in [0.3, 0.4) is 0 Å². The van der Waals surface area contributed by atoms with Crippen LogP contribution in [0.15, 0.2) is 0 Å². The Kier molecular flexibility index (Phi) is 2.53. The lowest BCUT2D eigenvalue weighted by molar-refractivity contribution is -0.144. The maximum atomic E-state index is 12.0. The molecule has 0 aliphatic rings. The zero-order valence-corrected chi connectivity index (χ0v) is 6.07. The van der Waals surface area contributed by atoms with Crippen LogP contribution in [0.2, 0.25) is 0 Å². The topological polar surface area (TPSA) is 17.8 Å². The summed E-state index contributed by atoms with van der Waals surface area (Å²) in [5.74, 6) is 0. The van der Waals surface area contributed by atoms with E-state index in [0.29, 0.717) is 0 Å². The summed E-state index contributed by atoms with van der Waals surface area (Å²) < 4.78 is 59.6. The van der Waals surface area contributed by atoms with Gasteiger partial charge in [-0.3, -0.25) is 0 Å². The SMILES string of the molecule is FC(F)Cn1[c]n[c]c1C(F)(F)F. The van der Waals surface area contributed by atoms with E-state index in [1.807, 2.05) is 0 Å². The van der Waals surface area contributed by atoms with Gasteiger partial charge in [-0.15, -0.1) is 0 Å². The van der Waals surface area contributed by atoms with Crippen molar-refractivity contribution in [3.05, 3.63) is 18.2 Å². The molecule has 13 heavy (non-hydrogen) atoms. The van der Waals surface area contributed by atoms with Crippen molar-refractivity contribution in [2.24, 2.45) is 0 Å². The lowest BCUT2D eigenvalue weighted by Crippen LogP contribution is -2.16. The number of nitrogens with zero attached hydrogens (tertiary/aromatic N) is 2. The van der Waals surface area contributed by atoms with E-state index >= 15 is 0 Å². The predicted octanol–water partition coefficient (Wildman–Crippen LogP) is 1.77. The number of aromatic nitrogens is 2. The molecule has 1 aromatic heterocycles. The molecule has 0 bridgehead atoms. The molecular formula is C6H3F5N2. The summed E-state index contributed by atoms with van der Waals surface area (Å²) in [5.41, 5.74) is -1.34. The van der Waals surface area contributed by atoms with Gasteiger partial charge >= 0.3 is 6.18 Å². The molecule has 7 heteroatoms. The molecule has 0 aromatic carbocycles. The van der Waals surface area contributed by atoms with Crippen LogP contribution >= 0.6 is 0 Å². The average molecular weight is 198 g/mol. The number of hydrogen-bond donors (Lipinski definition) is 0. The molecule has 0 fully saturated rings. The van der Waals surface area contributed by atoms with Gasteiger partial charge in [-0.05, 0) is 0 Å². The van der Waals surface area contributed by atoms with Crippen LogP contribution in [0, 0.1) is 12.5 Å². The normalized spacial score (nSPS) is 12.5. The highest BCUT2D eigenvalue weighted by atomic mass is 19.4. The molecular weight excluding hydrogens is 195 g/mol. The molecule has 1 heterocycles. The van der Waals surface area contributed by atoms with Crippen molar-refractivity contribution in [3.63, 3.8) is 0 Å². The van der Waals surface area contributed by atoms with Crippen LogP contribution in [0.1, 0.15) is 5.69 Å². The maximum absolute atomic E-state index is 12.0. The Labute approximate surface area is 70.0 Å². The third-order valence-corrected chi connectivity index (χ3v) is 1.19. The molecule has 0 amide bonds. The highest BCUT2D eigenvalue weighted by Gasteiger charge is 2.35. The van der Waals surface area contributed by atoms with Crippen molar-refractivity contribution >= 4 is 0 Å². The van der Waals surface area contributed by atoms with E-state index in [2.05, 4.69) is 4.98 Å². The van der Waals surface area contributed by atoms with Gasteiger partial charge in [0.2, 0.25) is 0 Å². The molecule has 0 saturated carbocycles. The van der Waals surface area contributed by atoms with Crippen molar-refractivity contribution in [3.8, 4) is 0 Å². The first-order valence-corrected chi connectivity index (χ1v) is 3.12. The third kappa shape index (κ3) is 2.40. The number of alkyl halides is 5. The monoisotopic (exact) mass is 198 g/mol. The largest absolute Gasteiger partial charge is 0.433 e. The molecule has 0 aliphatic carbocycles. The van der Waals surface area contributed by atoms with E-state index in [1.165, 1.54) is 0 Å². The molecule has 1 rings (SSSR count). The summed E-state index contributed by atoms with van der Waals surface area (Å²) in [5, 5.41) is 0. The maximum Gasteiger partial charge on any atom is 0.433 e. The highest BCUT2D eigenvalue weighted by Crippen LogP contribution is 2.28. The van der Waals surface area contributed by atoms with Gasteiger partial charge in [0.25, 0.3) is 6.43 Å². The fourth-order valence-corrected chi connectivity index (χ4v) is 0.735. The standard InChI is InChI=1S/C6H3F5N2/c7-5(8)2-13-3-12-1-4(13)6(9,10)11/h5H,2H2. The van der Waals surface area contributed by atoms with E-state index in [9.17, 15) is 22.0 Å². The Balaban J connectivity index is 2.90. The lowest BCUT2D eigenvalue weighted by Gasteiger charge is -2.08. The summed E-state index contributed by atoms with van der Waals surface area (Å²) >= 11 is 0. The molecule has 0 spiro atoms. The van der Waals surface area contributed by atoms with Crippen LogP contribution in [0.5, 0.6) is 0 Å². The van der Waals surface area contributed by atoms with Crippen LogP contribution in [-0.4, -0.2) is 16.0 Å². The van der Waals surface area contributed by atoms with Crippen LogP contribution in [-0.2, 0) is 12.7 Å². The van der Waals surface area contributed by atoms with E-state index < -0.39 is 24.8 Å². The van der Waals surface area contributed by atoms with E-state index in [0.717, 1.165) is 0 Å². The minimum atomic E-state index is -4.72. The van der Waals surface area contributed by atoms with Gasteiger partial charge in [0, 0.05) is 0 Å².